The van der Waals surface area contributed by atoms with E-state index in [0.29, 0.717) is 5.03 Å². The molecule has 66 valence electrons. The second kappa shape index (κ2) is 2.41. The van der Waals surface area contributed by atoms with Crippen molar-refractivity contribution in [3.63, 3.8) is 0 Å². The van der Waals surface area contributed by atoms with E-state index >= 15 is 0 Å². The summed E-state index contributed by atoms with van der Waals surface area (Å²) >= 11 is 23.1. The summed E-state index contributed by atoms with van der Waals surface area (Å²) < 4.78 is 5.24. The Balaban J connectivity index is 3.07. The second-order valence-electron chi connectivity index (χ2n) is 2.88. The Morgan fingerprint density at radius 2 is 1.82 bits per heavy atom. The zero-order chi connectivity index (χ0) is 8.94. The molecule has 11 heavy (non-hydrogen) atoms. The Kier molecular flexibility index (Phi) is 2.27. The van der Waals surface area contributed by atoms with Gasteiger partial charge in [-0.2, -0.15) is 0 Å². The molecule has 0 saturated heterocycles. The van der Waals surface area contributed by atoms with Gasteiger partial charge in [-0.3, -0.25) is 0 Å². The maximum atomic E-state index is 5.79. The molecule has 0 spiro atoms. The minimum atomic E-state index is -3.58. The molecule has 0 bridgehead atoms. The van der Waals surface area contributed by atoms with E-state index in [9.17, 15) is 0 Å². The van der Waals surface area contributed by atoms with E-state index in [4.69, 9.17) is 49.8 Å². The number of hydrogen-bond donors (Lipinski definition) is 0. The van der Waals surface area contributed by atoms with Gasteiger partial charge < -0.3 is 0 Å². The van der Waals surface area contributed by atoms with Crippen LogP contribution in [0.1, 0.15) is 13.8 Å². The van der Waals surface area contributed by atoms with Gasteiger partial charge in [0, 0.05) is 0 Å². The van der Waals surface area contributed by atoms with Crippen molar-refractivity contribution >= 4 is 50.2 Å². The molecule has 0 aromatic carbocycles. The fourth-order valence-corrected chi connectivity index (χ4v) is 5.91. The van der Waals surface area contributed by atoms with Gasteiger partial charge in [-0.15, -0.1) is 0 Å². The molecule has 0 aromatic rings. The van der Waals surface area contributed by atoms with Crippen LogP contribution in [-0.2, 0) is 4.52 Å². The van der Waals surface area contributed by atoms with Crippen LogP contribution in [0.4, 0.5) is 0 Å². The Bertz CT molecular complexity index is 226. The van der Waals surface area contributed by atoms with Gasteiger partial charge in [-0.05, 0) is 0 Å². The van der Waals surface area contributed by atoms with E-state index in [0.717, 1.165) is 0 Å². The van der Waals surface area contributed by atoms with Crippen LogP contribution in [0.3, 0.4) is 0 Å². The van der Waals surface area contributed by atoms with Crippen molar-refractivity contribution in [2.45, 2.75) is 19.4 Å². The number of rotatable bonds is 0. The molecule has 0 aliphatic carbocycles. The Labute approximate surface area is 85.0 Å². The summed E-state index contributed by atoms with van der Waals surface area (Å²) in [5, 5.41) is 0.454. The number of halogens is 4. The van der Waals surface area contributed by atoms with Gasteiger partial charge in [0.05, 0.1) is 0 Å². The Hall–Kier alpha value is 1.29. The molecule has 0 atom stereocenters. The summed E-state index contributed by atoms with van der Waals surface area (Å²) in [5.74, 6) is 1.40. The predicted octanol–water partition coefficient (Wildman–Crippen LogP) is 4.81. The van der Waals surface area contributed by atoms with Crippen LogP contribution in [0.25, 0.3) is 0 Å². The summed E-state index contributed by atoms with van der Waals surface area (Å²) in [7, 11) is 0. The van der Waals surface area contributed by atoms with E-state index in [-0.39, 0.29) is 0 Å². The van der Waals surface area contributed by atoms with Crippen LogP contribution >= 0.6 is 50.2 Å². The van der Waals surface area contributed by atoms with Crippen molar-refractivity contribution in [2.24, 2.45) is 0 Å². The normalized spacial score (nSPS) is 35.5. The zero-order valence-electron chi connectivity index (χ0n) is 5.94. The van der Waals surface area contributed by atoms with Gasteiger partial charge in [-0.25, -0.2) is 0 Å². The first-order chi connectivity index (χ1) is 4.60. The van der Waals surface area contributed by atoms with Gasteiger partial charge >= 0.3 is 85.0 Å². The Morgan fingerprint density at radius 1 is 1.36 bits per heavy atom. The average Bonchev–Trinajstić information content (AvgIpc) is 1.68. The quantitative estimate of drug-likeness (QED) is 0.565. The monoisotopic (exact) mass is 254 g/mol. The van der Waals surface area contributed by atoms with Crippen LogP contribution < -0.4 is 0 Å². The van der Waals surface area contributed by atoms with E-state index in [2.05, 4.69) is 0 Å². The molecule has 0 aromatic heterocycles. The first-order valence-corrected chi connectivity index (χ1v) is 8.20. The van der Waals surface area contributed by atoms with Crippen LogP contribution in [0, 0.1) is 0 Å². The van der Waals surface area contributed by atoms with Crippen LogP contribution in [-0.4, -0.2) is 5.60 Å². The summed E-state index contributed by atoms with van der Waals surface area (Å²) in [6.45, 7) is 3.51. The van der Waals surface area contributed by atoms with Gasteiger partial charge in [-0.1, -0.05) is 0 Å². The van der Waals surface area contributed by atoms with Gasteiger partial charge in [0.2, 0.25) is 0 Å². The third kappa shape index (κ3) is 2.37. The molecule has 1 nitrogen and oxygen atoms in total. The molecule has 0 saturated carbocycles. The minimum absolute atomic E-state index is 0.454. The summed E-state index contributed by atoms with van der Waals surface area (Å²) in [4.78, 5) is -3.58. The molecular weight excluding hydrogens is 249 g/mol. The van der Waals surface area contributed by atoms with Gasteiger partial charge in [0.15, 0.2) is 0 Å². The van der Waals surface area contributed by atoms with E-state index < -0.39 is 10.5 Å². The topological polar surface area (TPSA) is 9.23 Å². The molecule has 1 aliphatic heterocycles. The van der Waals surface area contributed by atoms with Gasteiger partial charge in [0.25, 0.3) is 0 Å². The number of hydrogen-bond acceptors (Lipinski definition) is 1. The SMILES string of the molecule is CC1(C)OP(Cl)(Cl)(Cl)C=C1Cl. The summed E-state index contributed by atoms with van der Waals surface area (Å²) in [5.41, 5.74) is -0.662. The fourth-order valence-electron chi connectivity index (χ4n) is 0.791. The van der Waals surface area contributed by atoms with E-state index in [1.54, 1.807) is 13.8 Å². The summed E-state index contributed by atoms with van der Waals surface area (Å²) in [6.07, 6.45) is 0. The van der Waals surface area contributed by atoms with Crippen molar-refractivity contribution in [3.05, 3.63) is 10.8 Å². The van der Waals surface area contributed by atoms with Crippen LogP contribution in [0.5, 0.6) is 0 Å². The molecule has 0 fully saturated rings. The molecule has 0 N–H and O–H groups in total. The molecule has 1 aliphatic rings. The van der Waals surface area contributed by atoms with Crippen molar-refractivity contribution in [1.29, 1.82) is 0 Å². The first-order valence-electron chi connectivity index (χ1n) is 2.88. The molecule has 0 unspecified atom stereocenters. The van der Waals surface area contributed by atoms with Crippen molar-refractivity contribution in [2.75, 3.05) is 0 Å². The fraction of sp³-hybridized carbons (Fsp3) is 0.600. The van der Waals surface area contributed by atoms with E-state index in [1.165, 1.54) is 5.82 Å². The predicted molar refractivity (Wildman–Crippen MR) is 53.6 cm³/mol. The maximum absolute atomic E-state index is 5.79. The third-order valence-electron chi connectivity index (χ3n) is 1.27. The molecule has 1 rings (SSSR count). The zero-order valence-corrected chi connectivity index (χ0v) is 9.86. The molecule has 0 radical (unpaired) electrons. The van der Waals surface area contributed by atoms with Crippen molar-refractivity contribution in [3.8, 4) is 0 Å². The third-order valence-corrected chi connectivity index (χ3v) is 4.91. The van der Waals surface area contributed by atoms with Gasteiger partial charge in [0.1, 0.15) is 0 Å². The Morgan fingerprint density at radius 3 is 1.91 bits per heavy atom. The molecule has 0 amide bonds. The molecule has 6 heteroatoms. The van der Waals surface area contributed by atoms with Crippen molar-refractivity contribution in [1.82, 2.24) is 0 Å². The standard InChI is InChI=1S/C5H7Cl4OP/c1-5(2)4(6)3-11(7,8,9)10-5/h3H,1-2H3. The first kappa shape index (κ1) is 10.4. The molecule has 1 heterocycles. The van der Waals surface area contributed by atoms with Crippen molar-refractivity contribution < 1.29 is 4.52 Å². The average molecular weight is 256 g/mol. The van der Waals surface area contributed by atoms with Crippen LogP contribution in [0.15, 0.2) is 10.8 Å². The summed E-state index contributed by atoms with van der Waals surface area (Å²) in [6, 6.07) is 0. The molecular formula is C5H7Cl4OP. The van der Waals surface area contributed by atoms with Crippen LogP contribution in [0.2, 0.25) is 0 Å². The van der Waals surface area contributed by atoms with E-state index in [1.807, 2.05) is 0 Å². The second-order valence-corrected chi connectivity index (χ2v) is 12.9.